The molecule has 4 aromatic rings. The van der Waals surface area contributed by atoms with Crippen molar-refractivity contribution in [1.82, 2.24) is 19.9 Å². The Bertz CT molecular complexity index is 1080. The van der Waals surface area contributed by atoms with Crippen LogP contribution in [0.5, 0.6) is 0 Å². The summed E-state index contributed by atoms with van der Waals surface area (Å²) in [4.78, 5) is 17.8. The summed E-state index contributed by atoms with van der Waals surface area (Å²) >= 11 is 0. The molecule has 0 spiro atoms. The van der Waals surface area contributed by atoms with Gasteiger partial charge in [0.15, 0.2) is 0 Å². The molecule has 1 aromatic carbocycles. The van der Waals surface area contributed by atoms with E-state index in [0.717, 1.165) is 41.2 Å². The summed E-state index contributed by atoms with van der Waals surface area (Å²) in [6.07, 6.45) is 9.38. The number of nitrogens with zero attached hydrogens (tertiary/aromatic N) is 4. The van der Waals surface area contributed by atoms with Crippen molar-refractivity contribution in [3.8, 4) is 22.5 Å². The predicted octanol–water partition coefficient (Wildman–Crippen LogP) is 4.47. The van der Waals surface area contributed by atoms with E-state index < -0.39 is 0 Å². The van der Waals surface area contributed by atoms with Gasteiger partial charge in [0, 0.05) is 36.3 Å². The normalized spacial score (nSPS) is 10.8. The highest BCUT2D eigenvalue weighted by Gasteiger charge is 2.16. The quantitative estimate of drug-likeness (QED) is 0.539. The Hall–Kier alpha value is -3.54. The molecular formula is C22H21N5O. The Morgan fingerprint density at radius 2 is 1.86 bits per heavy atom. The van der Waals surface area contributed by atoms with Gasteiger partial charge < -0.3 is 9.73 Å². The summed E-state index contributed by atoms with van der Waals surface area (Å²) < 4.78 is 5.48. The minimum atomic E-state index is 0.580. The molecule has 3 heterocycles. The first-order chi connectivity index (χ1) is 13.7. The topological polar surface area (TPSA) is 76.7 Å². The van der Waals surface area contributed by atoms with Gasteiger partial charge in [-0.05, 0) is 37.5 Å². The van der Waals surface area contributed by atoms with Crippen molar-refractivity contribution in [2.24, 2.45) is 0 Å². The molecule has 6 nitrogen and oxygen atoms in total. The van der Waals surface area contributed by atoms with Crippen LogP contribution < -0.4 is 5.32 Å². The van der Waals surface area contributed by atoms with Gasteiger partial charge in [0.25, 0.3) is 0 Å². The molecule has 28 heavy (non-hydrogen) atoms. The van der Waals surface area contributed by atoms with Crippen LogP contribution in [-0.2, 0) is 6.42 Å². The average molecular weight is 371 g/mol. The van der Waals surface area contributed by atoms with Gasteiger partial charge in [-0.1, -0.05) is 24.3 Å². The number of aromatic nitrogens is 4. The van der Waals surface area contributed by atoms with Crippen molar-refractivity contribution in [2.45, 2.75) is 20.3 Å². The van der Waals surface area contributed by atoms with E-state index in [1.54, 1.807) is 31.1 Å². The number of aryl methyl sites for hydroxylation is 2. The lowest BCUT2D eigenvalue weighted by atomic mass is 10.1. The standard InChI is InChI=1S/C22H21N5O/c1-15-5-3-4-6-17(15)7-9-25-22-26-13-19(20-14-23-10-11-24-20)21(27-22)18-8-12-28-16(18)2/h3-6,8,10-14H,7,9H2,1-2H3,(H,25,26,27). The fourth-order valence-corrected chi connectivity index (χ4v) is 3.13. The first-order valence-electron chi connectivity index (χ1n) is 9.18. The lowest BCUT2D eigenvalue weighted by Gasteiger charge is -2.11. The number of hydrogen-bond acceptors (Lipinski definition) is 6. The molecule has 1 N–H and O–H groups in total. The zero-order chi connectivity index (χ0) is 19.3. The minimum absolute atomic E-state index is 0.580. The van der Waals surface area contributed by atoms with Gasteiger partial charge in [-0.2, -0.15) is 0 Å². The van der Waals surface area contributed by atoms with Crippen LogP contribution in [0.25, 0.3) is 22.5 Å². The first kappa shape index (κ1) is 17.9. The fraction of sp³-hybridized carbons (Fsp3) is 0.182. The SMILES string of the molecule is Cc1ccccc1CCNc1ncc(-c2cnccn2)c(-c2ccoc2C)n1. The second-order valence-electron chi connectivity index (χ2n) is 6.54. The van der Waals surface area contributed by atoms with Crippen molar-refractivity contribution in [1.29, 1.82) is 0 Å². The van der Waals surface area contributed by atoms with E-state index in [-0.39, 0.29) is 0 Å². The number of benzene rings is 1. The summed E-state index contributed by atoms with van der Waals surface area (Å²) in [6, 6.07) is 10.3. The highest BCUT2D eigenvalue weighted by atomic mass is 16.3. The van der Waals surface area contributed by atoms with E-state index in [2.05, 4.69) is 51.5 Å². The maximum Gasteiger partial charge on any atom is 0.223 e. The van der Waals surface area contributed by atoms with Gasteiger partial charge in [-0.25, -0.2) is 9.97 Å². The van der Waals surface area contributed by atoms with Gasteiger partial charge >= 0.3 is 0 Å². The zero-order valence-corrected chi connectivity index (χ0v) is 15.9. The molecule has 0 saturated carbocycles. The molecule has 3 aromatic heterocycles. The number of furan rings is 1. The molecule has 0 aliphatic rings. The van der Waals surface area contributed by atoms with E-state index >= 15 is 0 Å². The molecular weight excluding hydrogens is 350 g/mol. The summed E-state index contributed by atoms with van der Waals surface area (Å²) in [6.45, 7) is 4.80. The van der Waals surface area contributed by atoms with Crippen molar-refractivity contribution < 1.29 is 4.42 Å². The minimum Gasteiger partial charge on any atom is -0.469 e. The van der Waals surface area contributed by atoms with Crippen molar-refractivity contribution in [3.63, 3.8) is 0 Å². The van der Waals surface area contributed by atoms with Crippen LogP contribution in [0.4, 0.5) is 5.95 Å². The van der Waals surface area contributed by atoms with Gasteiger partial charge in [0.2, 0.25) is 5.95 Å². The number of rotatable bonds is 6. The molecule has 0 saturated heterocycles. The molecule has 0 atom stereocenters. The van der Waals surface area contributed by atoms with Gasteiger partial charge in [0.05, 0.1) is 23.8 Å². The molecule has 140 valence electrons. The van der Waals surface area contributed by atoms with E-state index in [9.17, 15) is 0 Å². The van der Waals surface area contributed by atoms with Gasteiger partial charge in [-0.15, -0.1) is 0 Å². The second-order valence-corrected chi connectivity index (χ2v) is 6.54. The zero-order valence-electron chi connectivity index (χ0n) is 15.9. The molecule has 4 rings (SSSR count). The van der Waals surface area contributed by atoms with E-state index in [4.69, 9.17) is 9.40 Å². The number of anilines is 1. The van der Waals surface area contributed by atoms with Crippen molar-refractivity contribution in [2.75, 3.05) is 11.9 Å². The van der Waals surface area contributed by atoms with Crippen LogP contribution in [0.3, 0.4) is 0 Å². The molecule has 0 amide bonds. The maximum atomic E-state index is 5.48. The lowest BCUT2D eigenvalue weighted by molar-refractivity contribution is 0.535. The van der Waals surface area contributed by atoms with Crippen LogP contribution in [0.1, 0.15) is 16.9 Å². The van der Waals surface area contributed by atoms with Crippen LogP contribution >= 0.6 is 0 Å². The molecule has 0 fully saturated rings. The van der Waals surface area contributed by atoms with Gasteiger partial charge in [0.1, 0.15) is 5.76 Å². The lowest BCUT2D eigenvalue weighted by Crippen LogP contribution is -2.09. The largest absolute Gasteiger partial charge is 0.469 e. The summed E-state index contributed by atoms with van der Waals surface area (Å²) in [7, 11) is 0. The van der Waals surface area contributed by atoms with Crippen molar-refractivity contribution >= 4 is 5.95 Å². The molecule has 0 aliphatic heterocycles. The van der Waals surface area contributed by atoms with Gasteiger partial charge in [-0.3, -0.25) is 9.97 Å². The molecule has 0 radical (unpaired) electrons. The van der Waals surface area contributed by atoms with Crippen LogP contribution in [0, 0.1) is 13.8 Å². The Kier molecular flexibility index (Phi) is 5.10. The van der Waals surface area contributed by atoms with Crippen LogP contribution in [0.15, 0.2) is 65.8 Å². The Morgan fingerprint density at radius 3 is 2.61 bits per heavy atom. The third kappa shape index (κ3) is 3.76. The highest BCUT2D eigenvalue weighted by Crippen LogP contribution is 2.31. The average Bonchev–Trinajstić information content (AvgIpc) is 3.16. The Morgan fingerprint density at radius 1 is 0.964 bits per heavy atom. The first-order valence-corrected chi connectivity index (χ1v) is 9.18. The Balaban J connectivity index is 1.61. The molecule has 0 unspecified atom stereocenters. The number of nitrogens with one attached hydrogen (secondary N) is 1. The fourth-order valence-electron chi connectivity index (χ4n) is 3.13. The molecule has 6 heteroatoms. The van der Waals surface area contributed by atoms with E-state index in [1.165, 1.54) is 11.1 Å². The summed E-state index contributed by atoms with van der Waals surface area (Å²) in [5.41, 5.74) is 5.85. The molecule has 0 aliphatic carbocycles. The summed E-state index contributed by atoms with van der Waals surface area (Å²) in [5, 5.41) is 3.33. The maximum absolute atomic E-state index is 5.48. The highest BCUT2D eigenvalue weighted by molar-refractivity contribution is 5.79. The van der Waals surface area contributed by atoms with Crippen LogP contribution in [0.2, 0.25) is 0 Å². The Labute approximate surface area is 163 Å². The smallest absolute Gasteiger partial charge is 0.223 e. The monoisotopic (exact) mass is 371 g/mol. The molecule has 0 bridgehead atoms. The van der Waals surface area contributed by atoms with E-state index in [1.807, 2.05) is 13.0 Å². The van der Waals surface area contributed by atoms with Crippen LogP contribution in [-0.4, -0.2) is 26.5 Å². The third-order valence-corrected chi connectivity index (χ3v) is 4.68. The third-order valence-electron chi connectivity index (χ3n) is 4.68. The van der Waals surface area contributed by atoms with Crippen molar-refractivity contribution in [3.05, 3.63) is 78.3 Å². The number of hydrogen-bond donors (Lipinski definition) is 1. The second kappa shape index (κ2) is 8.00. The predicted molar refractivity (Wildman–Crippen MR) is 109 cm³/mol. The summed E-state index contributed by atoms with van der Waals surface area (Å²) in [5.74, 6) is 1.38. The van der Waals surface area contributed by atoms with E-state index in [0.29, 0.717) is 5.95 Å².